The largest absolute Gasteiger partial charge is 0.872 e. The molecular weight excluding hydrogens is 472 g/mol. The summed E-state index contributed by atoms with van der Waals surface area (Å²) in [5, 5.41) is 13.7. The summed E-state index contributed by atoms with van der Waals surface area (Å²) in [4.78, 5) is 29.3. The Bertz CT molecular complexity index is 1120. The molecule has 2 aliphatic heterocycles. The number of carbonyl (C=O) groups excluding carboxylic acids is 2. The van der Waals surface area contributed by atoms with E-state index < -0.39 is 23.5 Å². The van der Waals surface area contributed by atoms with E-state index in [9.17, 15) is 14.7 Å². The quantitative estimate of drug-likeness (QED) is 0.313. The van der Waals surface area contributed by atoms with Gasteiger partial charge in [0, 0.05) is 5.57 Å². The van der Waals surface area contributed by atoms with Gasteiger partial charge in [-0.1, -0.05) is 30.0 Å². The maximum Gasteiger partial charge on any atom is 0.295 e. The number of ketones is 1. The minimum atomic E-state index is -0.757. The maximum atomic E-state index is 13.7. The highest BCUT2D eigenvalue weighted by Gasteiger charge is 2.44. The van der Waals surface area contributed by atoms with E-state index in [0.717, 1.165) is 13.1 Å². The number of rotatable bonds is 9. The molecule has 198 valence electrons. The van der Waals surface area contributed by atoms with Crippen molar-refractivity contribution in [1.82, 2.24) is 4.90 Å². The van der Waals surface area contributed by atoms with Gasteiger partial charge in [-0.15, -0.1) is 0 Å². The molecule has 8 heteroatoms. The summed E-state index contributed by atoms with van der Waals surface area (Å²) in [7, 11) is 0. The number of nitrogens with zero attached hydrogens (tertiary/aromatic N) is 1. The van der Waals surface area contributed by atoms with E-state index in [-0.39, 0.29) is 17.8 Å². The zero-order chi connectivity index (χ0) is 26.5. The van der Waals surface area contributed by atoms with E-state index in [1.165, 1.54) is 4.90 Å². The number of benzene rings is 2. The van der Waals surface area contributed by atoms with Crippen molar-refractivity contribution in [3.63, 3.8) is 0 Å². The van der Waals surface area contributed by atoms with Gasteiger partial charge in [-0.3, -0.25) is 9.59 Å². The minimum Gasteiger partial charge on any atom is -0.872 e. The highest BCUT2D eigenvalue weighted by Crippen LogP contribution is 2.39. The van der Waals surface area contributed by atoms with Crippen molar-refractivity contribution in [2.75, 3.05) is 39.4 Å². The molecule has 4 rings (SSSR count). The van der Waals surface area contributed by atoms with Gasteiger partial charge in [-0.2, -0.15) is 0 Å². The van der Waals surface area contributed by atoms with Crippen LogP contribution in [0.25, 0.3) is 5.76 Å². The number of Topliss-reactive ketones (excluding diaryl/α,β-unsaturated/α-hetero) is 1. The minimum absolute atomic E-state index is 0.000796. The van der Waals surface area contributed by atoms with Crippen molar-refractivity contribution >= 4 is 17.4 Å². The predicted octanol–water partition coefficient (Wildman–Crippen LogP) is 1.40. The highest BCUT2D eigenvalue weighted by molar-refractivity contribution is 6.46. The molecule has 2 aliphatic rings. The molecule has 0 bridgehead atoms. The van der Waals surface area contributed by atoms with Crippen LogP contribution in [-0.2, 0) is 14.3 Å². The topological polar surface area (TPSA) is 92.6 Å². The molecule has 2 fully saturated rings. The predicted molar refractivity (Wildman–Crippen MR) is 137 cm³/mol. The maximum absolute atomic E-state index is 13.7. The van der Waals surface area contributed by atoms with Crippen LogP contribution in [0.15, 0.2) is 54.1 Å². The SMILES string of the molecule is CC(C)Oc1ccc(/C([O-])=C2\C(=O)C(=O)N(CC[NH+]3CCOCC3)C2c2ccc(OC(C)C)cc2)cc1. The summed E-state index contributed by atoms with van der Waals surface area (Å²) in [6, 6.07) is 13.2. The lowest BCUT2D eigenvalue weighted by Gasteiger charge is -2.30. The molecule has 1 N–H and O–H groups in total. The van der Waals surface area contributed by atoms with Crippen molar-refractivity contribution in [1.29, 1.82) is 0 Å². The Morgan fingerprint density at radius 2 is 1.49 bits per heavy atom. The van der Waals surface area contributed by atoms with Gasteiger partial charge in [0.2, 0.25) is 5.78 Å². The third-order valence-corrected chi connectivity index (χ3v) is 6.49. The van der Waals surface area contributed by atoms with Crippen molar-refractivity contribution in [3.8, 4) is 11.5 Å². The Balaban J connectivity index is 1.69. The molecule has 2 aromatic rings. The Hall–Kier alpha value is -3.36. The van der Waals surface area contributed by atoms with Crippen LogP contribution >= 0.6 is 0 Å². The molecule has 0 aliphatic carbocycles. The fourth-order valence-electron chi connectivity index (χ4n) is 4.75. The molecule has 2 aromatic carbocycles. The second-order valence-electron chi connectivity index (χ2n) is 10.0. The fraction of sp³-hybridized carbons (Fsp3) is 0.448. The summed E-state index contributed by atoms with van der Waals surface area (Å²) < 4.78 is 16.9. The molecular formula is C29H36N2O6. The van der Waals surface area contributed by atoms with Crippen LogP contribution in [0, 0.1) is 0 Å². The van der Waals surface area contributed by atoms with Crippen molar-refractivity contribution < 1.29 is 33.8 Å². The second-order valence-corrected chi connectivity index (χ2v) is 10.0. The molecule has 2 saturated heterocycles. The standard InChI is InChI=1S/C29H36N2O6/c1-19(2)36-23-9-5-21(6-10-23)26-25(27(32)22-7-11-24(12-8-22)37-20(3)4)28(33)29(34)31(26)14-13-30-15-17-35-18-16-30/h5-12,19-20,26,32H,13-18H2,1-4H3/b27-25+. The molecule has 1 unspecified atom stereocenters. The lowest BCUT2D eigenvalue weighted by atomic mass is 9.95. The van der Waals surface area contributed by atoms with E-state index in [1.807, 2.05) is 52.0 Å². The van der Waals surface area contributed by atoms with Gasteiger partial charge < -0.3 is 29.1 Å². The Morgan fingerprint density at radius 1 is 0.946 bits per heavy atom. The molecule has 0 radical (unpaired) electrons. The summed E-state index contributed by atoms with van der Waals surface area (Å²) in [6.07, 6.45) is 0.0129. The van der Waals surface area contributed by atoms with Crippen molar-refractivity contribution in [3.05, 3.63) is 65.2 Å². The first-order valence-electron chi connectivity index (χ1n) is 13.0. The Labute approximate surface area is 218 Å². The number of carbonyl (C=O) groups is 2. The van der Waals surface area contributed by atoms with Gasteiger partial charge in [0.1, 0.15) is 24.6 Å². The lowest BCUT2D eigenvalue weighted by molar-refractivity contribution is -0.907. The number of ether oxygens (including phenoxy) is 3. The van der Waals surface area contributed by atoms with Gasteiger partial charge in [-0.25, -0.2) is 0 Å². The van der Waals surface area contributed by atoms with E-state index in [1.54, 1.807) is 29.2 Å². The fourth-order valence-corrected chi connectivity index (χ4v) is 4.75. The first-order valence-corrected chi connectivity index (χ1v) is 13.0. The molecule has 0 spiro atoms. The average Bonchev–Trinajstić information content (AvgIpc) is 3.13. The van der Waals surface area contributed by atoms with Crippen molar-refractivity contribution in [2.45, 2.75) is 45.9 Å². The molecule has 0 saturated carbocycles. The second kappa shape index (κ2) is 11.8. The number of hydrogen-bond acceptors (Lipinski definition) is 6. The molecule has 37 heavy (non-hydrogen) atoms. The number of morpholine rings is 1. The summed E-state index contributed by atoms with van der Waals surface area (Å²) in [6.45, 7) is 11.8. The van der Waals surface area contributed by atoms with E-state index >= 15 is 0 Å². The molecule has 8 nitrogen and oxygen atoms in total. The Kier molecular flexibility index (Phi) is 8.51. The van der Waals surface area contributed by atoms with Crippen LogP contribution in [-0.4, -0.2) is 68.2 Å². The van der Waals surface area contributed by atoms with E-state index in [0.29, 0.717) is 48.9 Å². The molecule has 1 amide bonds. The lowest BCUT2D eigenvalue weighted by Crippen LogP contribution is -3.14. The van der Waals surface area contributed by atoms with Crippen LogP contribution in [0.4, 0.5) is 0 Å². The molecule has 0 aromatic heterocycles. The van der Waals surface area contributed by atoms with Crippen molar-refractivity contribution in [2.24, 2.45) is 0 Å². The normalized spacial score (nSPS) is 20.2. The Morgan fingerprint density at radius 3 is 2.03 bits per heavy atom. The van der Waals surface area contributed by atoms with Crippen LogP contribution in [0.2, 0.25) is 0 Å². The third kappa shape index (κ3) is 6.32. The van der Waals surface area contributed by atoms with Crippen LogP contribution in [0.3, 0.4) is 0 Å². The number of nitrogens with one attached hydrogen (secondary N) is 1. The summed E-state index contributed by atoms with van der Waals surface area (Å²) >= 11 is 0. The zero-order valence-electron chi connectivity index (χ0n) is 22.0. The van der Waals surface area contributed by atoms with Crippen LogP contribution in [0.5, 0.6) is 11.5 Å². The smallest absolute Gasteiger partial charge is 0.295 e. The van der Waals surface area contributed by atoms with Gasteiger partial charge in [-0.05, 0) is 63.1 Å². The summed E-state index contributed by atoms with van der Waals surface area (Å²) in [5.41, 5.74) is 1.03. The number of quaternary nitrogens is 1. The van der Waals surface area contributed by atoms with Gasteiger partial charge in [0.05, 0.1) is 44.6 Å². The number of amides is 1. The zero-order valence-corrected chi connectivity index (χ0v) is 22.0. The number of likely N-dealkylation sites (tertiary alicyclic amines) is 1. The average molecular weight is 509 g/mol. The monoisotopic (exact) mass is 508 g/mol. The van der Waals surface area contributed by atoms with Crippen LogP contribution in [0.1, 0.15) is 44.9 Å². The third-order valence-electron chi connectivity index (χ3n) is 6.49. The number of hydrogen-bond donors (Lipinski definition) is 1. The van der Waals surface area contributed by atoms with Gasteiger partial charge >= 0.3 is 0 Å². The van der Waals surface area contributed by atoms with E-state index in [2.05, 4.69) is 0 Å². The van der Waals surface area contributed by atoms with Gasteiger partial charge in [0.25, 0.3) is 5.91 Å². The first-order chi connectivity index (χ1) is 17.7. The molecule has 2 heterocycles. The van der Waals surface area contributed by atoms with E-state index in [4.69, 9.17) is 14.2 Å². The van der Waals surface area contributed by atoms with Crippen LogP contribution < -0.4 is 19.5 Å². The first kappa shape index (κ1) is 26.7. The highest BCUT2D eigenvalue weighted by atomic mass is 16.5. The summed E-state index contributed by atoms with van der Waals surface area (Å²) in [5.74, 6) is -0.492. The molecule has 1 atom stereocenters. The van der Waals surface area contributed by atoms with Gasteiger partial charge in [0.15, 0.2) is 0 Å².